The first-order valence-electron chi connectivity index (χ1n) is 11.6. The first-order chi connectivity index (χ1) is 16.7. The highest BCUT2D eigenvalue weighted by Crippen LogP contribution is 2.10. The fraction of sp³-hybridized carbons (Fsp3) is 0.667. The van der Waals surface area contributed by atoms with Gasteiger partial charge in [-0.15, -0.1) is 0 Å². The van der Waals surface area contributed by atoms with Crippen LogP contribution in [-0.2, 0) is 38.0 Å². The standard InChI is InChI=1S/C24H39NO9/c1-3-4-9-25-22-7-5-21(6-8-22)24(27)34-19-18-32-15-14-30-11-10-29-12-13-31-16-17-33-20-23(26)28-2/h5-8,25H,3-4,9-20H2,1-2H3. The topological polar surface area (TPSA) is 111 Å². The molecule has 0 aliphatic carbocycles. The fourth-order valence-electron chi connectivity index (χ4n) is 2.50. The van der Waals surface area contributed by atoms with Crippen LogP contribution in [0.15, 0.2) is 24.3 Å². The van der Waals surface area contributed by atoms with Gasteiger partial charge in [0.05, 0.1) is 72.1 Å². The largest absolute Gasteiger partial charge is 0.467 e. The number of anilines is 1. The lowest BCUT2D eigenvalue weighted by Crippen LogP contribution is -2.16. The minimum atomic E-state index is -0.412. The second kappa shape index (κ2) is 21.3. The lowest BCUT2D eigenvalue weighted by molar-refractivity contribution is -0.146. The molecule has 194 valence electrons. The van der Waals surface area contributed by atoms with E-state index in [4.69, 9.17) is 28.4 Å². The Morgan fingerprint density at radius 3 is 1.74 bits per heavy atom. The molecule has 34 heavy (non-hydrogen) atoms. The van der Waals surface area contributed by atoms with Crippen LogP contribution in [0.1, 0.15) is 30.1 Å². The molecule has 10 heteroatoms. The molecule has 0 amide bonds. The number of carbonyl (C=O) groups excluding carboxylic acids is 2. The van der Waals surface area contributed by atoms with Crippen molar-refractivity contribution < 1.29 is 42.7 Å². The Kier molecular flexibility index (Phi) is 18.7. The van der Waals surface area contributed by atoms with Crippen molar-refractivity contribution >= 4 is 17.6 Å². The number of rotatable bonds is 22. The van der Waals surface area contributed by atoms with Gasteiger partial charge in [0.2, 0.25) is 0 Å². The third kappa shape index (κ3) is 16.4. The number of nitrogens with one attached hydrogen (secondary N) is 1. The third-order valence-corrected chi connectivity index (χ3v) is 4.38. The van der Waals surface area contributed by atoms with Crippen LogP contribution in [0.2, 0.25) is 0 Å². The lowest BCUT2D eigenvalue weighted by atomic mass is 10.2. The summed E-state index contributed by atoms with van der Waals surface area (Å²) in [6, 6.07) is 7.26. The van der Waals surface area contributed by atoms with Crippen LogP contribution in [0, 0.1) is 0 Å². The van der Waals surface area contributed by atoms with E-state index in [-0.39, 0.29) is 19.2 Å². The maximum Gasteiger partial charge on any atom is 0.338 e. The molecule has 0 heterocycles. The molecule has 0 spiro atoms. The summed E-state index contributed by atoms with van der Waals surface area (Å²) < 4.78 is 36.2. The summed E-state index contributed by atoms with van der Waals surface area (Å²) in [5, 5.41) is 3.30. The van der Waals surface area contributed by atoms with Gasteiger partial charge >= 0.3 is 11.9 Å². The van der Waals surface area contributed by atoms with Crippen LogP contribution >= 0.6 is 0 Å². The smallest absolute Gasteiger partial charge is 0.338 e. The van der Waals surface area contributed by atoms with Gasteiger partial charge in [0.15, 0.2) is 0 Å². The van der Waals surface area contributed by atoms with Crippen molar-refractivity contribution in [2.75, 3.05) is 91.6 Å². The van der Waals surface area contributed by atoms with Gasteiger partial charge in [-0.1, -0.05) is 13.3 Å². The highest BCUT2D eigenvalue weighted by molar-refractivity contribution is 5.89. The number of hydrogen-bond acceptors (Lipinski definition) is 10. The minimum Gasteiger partial charge on any atom is -0.467 e. The molecular weight excluding hydrogens is 446 g/mol. The predicted octanol–water partition coefficient (Wildman–Crippen LogP) is 2.31. The van der Waals surface area contributed by atoms with Gasteiger partial charge in [-0.25, -0.2) is 9.59 Å². The van der Waals surface area contributed by atoms with Crippen LogP contribution in [0.4, 0.5) is 5.69 Å². The van der Waals surface area contributed by atoms with Gasteiger partial charge in [0.1, 0.15) is 13.2 Å². The zero-order chi connectivity index (χ0) is 24.7. The van der Waals surface area contributed by atoms with E-state index < -0.39 is 5.97 Å². The van der Waals surface area contributed by atoms with E-state index in [9.17, 15) is 9.59 Å². The molecule has 1 rings (SSSR count). The maximum absolute atomic E-state index is 12.0. The summed E-state index contributed by atoms with van der Waals surface area (Å²) in [4.78, 5) is 22.9. The number of esters is 2. The molecule has 0 aromatic heterocycles. The number of hydrogen-bond donors (Lipinski definition) is 1. The summed E-state index contributed by atoms with van der Waals surface area (Å²) in [6.45, 7) is 6.80. The molecule has 10 nitrogen and oxygen atoms in total. The summed E-state index contributed by atoms with van der Waals surface area (Å²) in [5.74, 6) is -0.778. The van der Waals surface area contributed by atoms with Crippen LogP contribution in [0.3, 0.4) is 0 Å². The number of unbranched alkanes of at least 4 members (excludes halogenated alkanes) is 1. The van der Waals surface area contributed by atoms with E-state index in [1.165, 1.54) is 7.11 Å². The second-order valence-electron chi connectivity index (χ2n) is 7.07. The van der Waals surface area contributed by atoms with E-state index in [0.29, 0.717) is 65.0 Å². The van der Waals surface area contributed by atoms with Crippen LogP contribution in [0.5, 0.6) is 0 Å². The Morgan fingerprint density at radius 1 is 0.735 bits per heavy atom. The molecule has 0 bridgehead atoms. The molecule has 0 fully saturated rings. The Bertz CT molecular complexity index is 640. The zero-order valence-corrected chi connectivity index (χ0v) is 20.4. The second-order valence-corrected chi connectivity index (χ2v) is 7.07. The Labute approximate surface area is 202 Å². The molecule has 0 aliphatic heterocycles. The Hall–Kier alpha value is -2.24. The summed E-state index contributed by atoms with van der Waals surface area (Å²) in [6.07, 6.45) is 2.24. The summed E-state index contributed by atoms with van der Waals surface area (Å²) >= 11 is 0. The highest BCUT2D eigenvalue weighted by Gasteiger charge is 2.06. The van der Waals surface area contributed by atoms with Crippen LogP contribution in [0.25, 0.3) is 0 Å². The number of benzene rings is 1. The first-order valence-corrected chi connectivity index (χ1v) is 11.6. The van der Waals surface area contributed by atoms with Gasteiger partial charge in [-0.05, 0) is 30.7 Å². The van der Waals surface area contributed by atoms with Crippen molar-refractivity contribution in [3.05, 3.63) is 29.8 Å². The van der Waals surface area contributed by atoms with E-state index >= 15 is 0 Å². The van der Waals surface area contributed by atoms with E-state index in [0.717, 1.165) is 25.1 Å². The molecule has 0 saturated carbocycles. The normalized spacial score (nSPS) is 10.8. The van der Waals surface area contributed by atoms with Gasteiger partial charge in [0.25, 0.3) is 0 Å². The highest BCUT2D eigenvalue weighted by atomic mass is 16.6. The molecular formula is C24H39NO9. The van der Waals surface area contributed by atoms with Crippen molar-refractivity contribution in [1.82, 2.24) is 0 Å². The van der Waals surface area contributed by atoms with Gasteiger partial charge in [-0.2, -0.15) is 0 Å². The van der Waals surface area contributed by atoms with Crippen molar-refractivity contribution in [2.45, 2.75) is 19.8 Å². The van der Waals surface area contributed by atoms with Crippen molar-refractivity contribution in [2.24, 2.45) is 0 Å². The monoisotopic (exact) mass is 485 g/mol. The average Bonchev–Trinajstić information content (AvgIpc) is 2.86. The average molecular weight is 486 g/mol. The number of ether oxygens (including phenoxy) is 7. The summed E-state index contributed by atoms with van der Waals surface area (Å²) in [5.41, 5.74) is 1.51. The SMILES string of the molecule is CCCCNc1ccc(C(=O)OCCOCCOCCOCCOCCOCC(=O)OC)cc1. The van der Waals surface area contributed by atoms with Crippen LogP contribution < -0.4 is 5.32 Å². The van der Waals surface area contributed by atoms with Gasteiger partial charge in [-0.3, -0.25) is 0 Å². The van der Waals surface area contributed by atoms with Crippen molar-refractivity contribution in [1.29, 1.82) is 0 Å². The number of methoxy groups -OCH3 is 1. The molecule has 0 atom stereocenters. The van der Waals surface area contributed by atoms with Gasteiger partial charge in [0, 0.05) is 12.2 Å². The molecule has 0 aliphatic rings. The first kappa shape index (κ1) is 29.8. The quantitative estimate of drug-likeness (QED) is 0.194. The molecule has 0 saturated heterocycles. The fourth-order valence-corrected chi connectivity index (χ4v) is 2.50. The Balaban J connectivity index is 1.85. The summed E-state index contributed by atoms with van der Waals surface area (Å²) in [7, 11) is 1.31. The molecule has 1 N–H and O–H groups in total. The number of carbonyl (C=O) groups is 2. The molecule has 1 aromatic rings. The third-order valence-electron chi connectivity index (χ3n) is 4.38. The minimum absolute atomic E-state index is 0.0751. The Morgan fingerprint density at radius 2 is 1.24 bits per heavy atom. The predicted molar refractivity (Wildman–Crippen MR) is 126 cm³/mol. The lowest BCUT2D eigenvalue weighted by Gasteiger charge is -2.09. The van der Waals surface area contributed by atoms with E-state index in [1.54, 1.807) is 12.1 Å². The maximum atomic E-state index is 12.0. The van der Waals surface area contributed by atoms with Crippen molar-refractivity contribution in [3.8, 4) is 0 Å². The molecule has 1 aromatic carbocycles. The van der Waals surface area contributed by atoms with E-state index in [1.807, 2.05) is 12.1 Å². The zero-order valence-electron chi connectivity index (χ0n) is 20.4. The molecule has 0 radical (unpaired) electrons. The van der Waals surface area contributed by atoms with E-state index in [2.05, 4.69) is 17.0 Å². The molecule has 0 unspecified atom stereocenters. The van der Waals surface area contributed by atoms with Gasteiger partial charge < -0.3 is 38.5 Å². The van der Waals surface area contributed by atoms with Crippen molar-refractivity contribution in [3.63, 3.8) is 0 Å². The van der Waals surface area contributed by atoms with Crippen LogP contribution in [-0.4, -0.2) is 98.3 Å².